The number of hydrogen-bond donors (Lipinski definition) is 2. The molecule has 0 spiro atoms. The van der Waals surface area contributed by atoms with Crippen molar-refractivity contribution in [3.8, 4) is 0 Å². The van der Waals surface area contributed by atoms with Crippen LogP contribution in [0.5, 0.6) is 0 Å². The molecule has 0 aliphatic heterocycles. The van der Waals surface area contributed by atoms with Gasteiger partial charge in [0.05, 0.1) is 22.1 Å². The fourth-order valence-electron chi connectivity index (χ4n) is 3.23. The van der Waals surface area contributed by atoms with Crippen LogP contribution in [0.3, 0.4) is 0 Å². The number of rotatable bonds is 4. The molecule has 0 unspecified atom stereocenters. The van der Waals surface area contributed by atoms with E-state index in [9.17, 15) is 14.4 Å². The first-order valence-corrected chi connectivity index (χ1v) is 10.0. The molecule has 3 rings (SSSR count). The summed E-state index contributed by atoms with van der Waals surface area (Å²) < 4.78 is 3.23. The zero-order chi connectivity index (χ0) is 22.3. The van der Waals surface area contributed by atoms with Crippen molar-refractivity contribution in [3.63, 3.8) is 0 Å². The van der Waals surface area contributed by atoms with Crippen LogP contribution in [-0.4, -0.2) is 25.2 Å². The van der Waals surface area contributed by atoms with Crippen molar-refractivity contribution in [2.75, 3.05) is 5.32 Å². The number of fused-ring (bicyclic) bond motifs is 1. The molecule has 8 nitrogen and oxygen atoms in total. The van der Waals surface area contributed by atoms with Gasteiger partial charge in [0.25, 0.3) is 5.56 Å². The van der Waals surface area contributed by atoms with Gasteiger partial charge in [-0.15, -0.1) is 0 Å². The van der Waals surface area contributed by atoms with Crippen LogP contribution in [0, 0.1) is 0 Å². The topological polar surface area (TPSA) is 102 Å². The van der Waals surface area contributed by atoms with Gasteiger partial charge < -0.3 is 5.32 Å². The van der Waals surface area contributed by atoms with Crippen LogP contribution in [0.25, 0.3) is 10.9 Å². The Balaban J connectivity index is 1.84. The number of aromatic nitrogens is 4. The average molecular weight is 412 g/mol. The number of amides is 1. The molecule has 2 aromatic heterocycles. The molecular weight excluding hydrogens is 382 g/mol. The highest BCUT2D eigenvalue weighted by Crippen LogP contribution is 2.28. The number of anilines is 1. The quantitative estimate of drug-likeness (QED) is 0.689. The summed E-state index contributed by atoms with van der Waals surface area (Å²) >= 11 is 0. The molecule has 30 heavy (non-hydrogen) atoms. The fraction of sp³-hybridized carbons (Fsp3) is 0.455. The van der Waals surface area contributed by atoms with Gasteiger partial charge in [-0.05, 0) is 32.9 Å². The van der Waals surface area contributed by atoms with Gasteiger partial charge in [0, 0.05) is 24.4 Å². The van der Waals surface area contributed by atoms with Crippen molar-refractivity contribution in [3.05, 3.63) is 56.9 Å². The van der Waals surface area contributed by atoms with E-state index in [-0.39, 0.29) is 29.8 Å². The normalized spacial score (nSPS) is 12.3. The third kappa shape index (κ3) is 4.37. The van der Waals surface area contributed by atoms with E-state index in [1.54, 1.807) is 24.3 Å². The predicted octanol–water partition coefficient (Wildman–Crippen LogP) is 2.97. The van der Waals surface area contributed by atoms with Crippen molar-refractivity contribution in [1.29, 1.82) is 0 Å². The summed E-state index contributed by atoms with van der Waals surface area (Å²) in [7, 11) is 0. The molecule has 0 saturated heterocycles. The Morgan fingerprint density at radius 2 is 1.77 bits per heavy atom. The van der Waals surface area contributed by atoms with Crippen LogP contribution >= 0.6 is 0 Å². The molecule has 0 aliphatic carbocycles. The van der Waals surface area contributed by atoms with Crippen molar-refractivity contribution >= 4 is 22.6 Å². The molecule has 0 saturated carbocycles. The number of carbonyl (C=O) groups excluding carboxylic acids is 1. The van der Waals surface area contributed by atoms with Gasteiger partial charge in [-0.25, -0.2) is 9.48 Å². The maximum atomic E-state index is 12.7. The van der Waals surface area contributed by atoms with E-state index in [0.717, 1.165) is 5.69 Å². The van der Waals surface area contributed by atoms with Crippen LogP contribution in [0.1, 0.15) is 53.7 Å². The molecule has 0 radical (unpaired) electrons. The number of hydrogen-bond acceptors (Lipinski definition) is 4. The molecule has 1 amide bonds. The van der Waals surface area contributed by atoms with E-state index in [2.05, 4.69) is 31.1 Å². The summed E-state index contributed by atoms with van der Waals surface area (Å²) in [5.41, 5.74) is -0.0262. The van der Waals surface area contributed by atoms with E-state index in [0.29, 0.717) is 16.7 Å². The molecule has 160 valence electrons. The molecule has 1 aromatic carbocycles. The highest BCUT2D eigenvalue weighted by Gasteiger charge is 2.25. The molecular formula is C22H29N5O3. The van der Waals surface area contributed by atoms with Crippen LogP contribution in [-0.2, 0) is 22.3 Å². The fourth-order valence-corrected chi connectivity index (χ4v) is 3.23. The zero-order valence-corrected chi connectivity index (χ0v) is 18.4. The van der Waals surface area contributed by atoms with Crippen molar-refractivity contribution in [2.45, 2.75) is 65.5 Å². The Labute approximate surface area is 174 Å². The minimum Gasteiger partial charge on any atom is -0.311 e. The molecule has 3 aromatic rings. The highest BCUT2D eigenvalue weighted by molar-refractivity contribution is 5.90. The molecule has 0 aliphatic rings. The van der Waals surface area contributed by atoms with Gasteiger partial charge >= 0.3 is 5.69 Å². The highest BCUT2D eigenvalue weighted by atomic mass is 16.2. The largest absolute Gasteiger partial charge is 0.328 e. The lowest BCUT2D eigenvalue weighted by Crippen LogP contribution is -2.32. The van der Waals surface area contributed by atoms with E-state index in [1.165, 1.54) is 4.57 Å². The Hall–Kier alpha value is -3.16. The van der Waals surface area contributed by atoms with Crippen LogP contribution in [0.2, 0.25) is 0 Å². The van der Waals surface area contributed by atoms with Gasteiger partial charge in [-0.1, -0.05) is 32.9 Å². The third-order valence-electron chi connectivity index (χ3n) is 4.85. The smallest absolute Gasteiger partial charge is 0.311 e. The summed E-state index contributed by atoms with van der Waals surface area (Å²) in [6.45, 7) is 12.4. The molecule has 8 heteroatoms. The average Bonchev–Trinajstić information content (AvgIpc) is 3.06. The van der Waals surface area contributed by atoms with Gasteiger partial charge in [0.2, 0.25) is 5.91 Å². The van der Waals surface area contributed by atoms with E-state index in [1.807, 2.05) is 31.5 Å². The Kier molecular flexibility index (Phi) is 5.45. The number of nitrogens with one attached hydrogen (secondary N) is 2. The lowest BCUT2D eigenvalue weighted by Gasteiger charge is -2.23. The van der Waals surface area contributed by atoms with Crippen molar-refractivity contribution < 1.29 is 4.79 Å². The number of nitrogens with zero attached hydrogens (tertiary/aromatic N) is 3. The summed E-state index contributed by atoms with van der Waals surface area (Å²) in [5, 5.41) is 8.04. The monoisotopic (exact) mass is 411 g/mol. The minimum atomic E-state index is -0.527. The number of H-pyrrole nitrogens is 1. The molecule has 0 fully saturated rings. The van der Waals surface area contributed by atoms with E-state index in [4.69, 9.17) is 5.10 Å². The summed E-state index contributed by atoms with van der Waals surface area (Å²) in [4.78, 5) is 39.3. The van der Waals surface area contributed by atoms with Gasteiger partial charge in [-0.2, -0.15) is 5.10 Å². The summed E-state index contributed by atoms with van der Waals surface area (Å²) in [6, 6.07) is 8.74. The first kappa shape index (κ1) is 21.5. The number of para-hydroxylation sites is 1. The maximum Gasteiger partial charge on any atom is 0.328 e. The van der Waals surface area contributed by atoms with Crippen LogP contribution in [0.4, 0.5) is 5.82 Å². The standard InChI is InChI=1S/C22H29N5O3/c1-21(2,3)16-13-17(27(25-16)22(4,5)6)23-18(28)11-12-26-15-10-8-7-9-14(15)19(29)24-20(26)30/h7-10,13H,11-12H2,1-6H3,(H,23,28)(H,24,29,30). The molecule has 2 N–H and O–H groups in total. The molecule has 2 heterocycles. The minimum absolute atomic E-state index is 0.0795. The van der Waals surface area contributed by atoms with Crippen molar-refractivity contribution in [1.82, 2.24) is 19.3 Å². The lowest BCUT2D eigenvalue weighted by atomic mass is 9.92. The summed E-state index contributed by atoms with van der Waals surface area (Å²) in [5.74, 6) is 0.388. The first-order valence-electron chi connectivity index (χ1n) is 10.0. The Bertz CT molecular complexity index is 1200. The number of aryl methyl sites for hydroxylation is 1. The second-order valence-corrected chi connectivity index (χ2v) is 9.47. The SMILES string of the molecule is CC(C)(C)c1cc(NC(=O)CCn2c(=O)[nH]c(=O)c3ccccc32)n(C(C)(C)C)n1. The second-order valence-electron chi connectivity index (χ2n) is 9.47. The van der Waals surface area contributed by atoms with E-state index < -0.39 is 11.2 Å². The lowest BCUT2D eigenvalue weighted by molar-refractivity contribution is -0.116. The van der Waals surface area contributed by atoms with Crippen LogP contribution < -0.4 is 16.6 Å². The number of benzene rings is 1. The second kappa shape index (κ2) is 7.59. The van der Waals surface area contributed by atoms with Gasteiger partial charge in [0.1, 0.15) is 5.82 Å². The number of aromatic amines is 1. The number of carbonyl (C=O) groups is 1. The first-order chi connectivity index (χ1) is 13.9. The maximum absolute atomic E-state index is 12.7. The van der Waals surface area contributed by atoms with Crippen molar-refractivity contribution in [2.24, 2.45) is 0 Å². The van der Waals surface area contributed by atoms with E-state index >= 15 is 0 Å². The molecule has 0 atom stereocenters. The zero-order valence-electron chi connectivity index (χ0n) is 18.4. The third-order valence-corrected chi connectivity index (χ3v) is 4.85. The Morgan fingerprint density at radius 1 is 1.10 bits per heavy atom. The van der Waals surface area contributed by atoms with Gasteiger partial charge in [0.15, 0.2) is 0 Å². The molecule has 0 bridgehead atoms. The predicted molar refractivity (Wildman–Crippen MR) is 118 cm³/mol. The Morgan fingerprint density at radius 3 is 2.40 bits per heavy atom. The summed E-state index contributed by atoms with van der Waals surface area (Å²) in [6.07, 6.45) is 0.0795. The van der Waals surface area contributed by atoms with Gasteiger partial charge in [-0.3, -0.25) is 19.1 Å². The van der Waals surface area contributed by atoms with Crippen LogP contribution in [0.15, 0.2) is 39.9 Å².